The Morgan fingerprint density at radius 1 is 1.18 bits per heavy atom. The highest BCUT2D eigenvalue weighted by Gasteiger charge is 2.06. The minimum absolute atomic E-state index is 0.00113. The van der Waals surface area contributed by atoms with E-state index in [0.29, 0.717) is 0 Å². The van der Waals surface area contributed by atoms with Gasteiger partial charge in [0.1, 0.15) is 5.69 Å². The van der Waals surface area contributed by atoms with Crippen LogP contribution in [0.2, 0.25) is 0 Å². The van der Waals surface area contributed by atoms with Gasteiger partial charge < -0.3 is 15.6 Å². The Labute approximate surface area is 97.5 Å². The lowest BCUT2D eigenvalue weighted by Gasteiger charge is -2.06. The van der Waals surface area contributed by atoms with E-state index in [-0.39, 0.29) is 23.1 Å². The van der Waals surface area contributed by atoms with E-state index in [0.717, 1.165) is 0 Å². The molecule has 2 aromatic rings. The first kappa shape index (κ1) is 10.9. The summed E-state index contributed by atoms with van der Waals surface area (Å²) in [6.07, 6.45) is 0. The second-order valence-electron chi connectivity index (χ2n) is 3.30. The number of nitrogens with zero attached hydrogens (tertiary/aromatic N) is 1. The van der Waals surface area contributed by atoms with E-state index in [4.69, 9.17) is 10.5 Å². The lowest BCUT2D eigenvalue weighted by molar-refractivity contribution is 0.0995. The van der Waals surface area contributed by atoms with E-state index in [9.17, 15) is 9.90 Å². The largest absolute Gasteiger partial charge is 0.504 e. The number of rotatable bonds is 3. The van der Waals surface area contributed by atoms with E-state index in [1.807, 2.05) is 0 Å². The van der Waals surface area contributed by atoms with Crippen molar-refractivity contribution >= 4 is 5.91 Å². The molecule has 86 valence electrons. The van der Waals surface area contributed by atoms with Crippen LogP contribution >= 0.6 is 0 Å². The van der Waals surface area contributed by atoms with Crippen LogP contribution in [0.25, 0.3) is 0 Å². The van der Waals surface area contributed by atoms with Gasteiger partial charge in [-0.15, -0.1) is 0 Å². The van der Waals surface area contributed by atoms with Crippen LogP contribution in [0.1, 0.15) is 10.5 Å². The Bertz CT molecular complexity index is 555. The minimum Gasteiger partial charge on any atom is -0.504 e. The molecule has 1 amide bonds. The number of primary amides is 1. The molecule has 5 heteroatoms. The fourth-order valence-electron chi connectivity index (χ4n) is 1.27. The summed E-state index contributed by atoms with van der Waals surface area (Å²) in [4.78, 5) is 14.8. The number of para-hydroxylation sites is 2. The number of pyridine rings is 1. The van der Waals surface area contributed by atoms with E-state index >= 15 is 0 Å². The molecule has 0 aliphatic carbocycles. The molecule has 0 aliphatic heterocycles. The summed E-state index contributed by atoms with van der Waals surface area (Å²) < 4.78 is 5.33. The number of ether oxygens (including phenoxy) is 1. The highest BCUT2D eigenvalue weighted by Crippen LogP contribution is 2.28. The zero-order valence-electron chi connectivity index (χ0n) is 8.83. The van der Waals surface area contributed by atoms with Crippen molar-refractivity contribution in [1.29, 1.82) is 0 Å². The molecule has 17 heavy (non-hydrogen) atoms. The predicted octanol–water partition coefficient (Wildman–Crippen LogP) is 1.68. The topological polar surface area (TPSA) is 85.4 Å². The van der Waals surface area contributed by atoms with Crippen molar-refractivity contribution in [2.75, 3.05) is 0 Å². The number of hydrogen-bond acceptors (Lipinski definition) is 4. The number of aromatic nitrogens is 1. The SMILES string of the molecule is NC(=O)c1cccc(Oc2ccccc2O)n1. The molecule has 5 nitrogen and oxygen atoms in total. The van der Waals surface area contributed by atoms with Crippen LogP contribution in [-0.2, 0) is 0 Å². The second kappa shape index (κ2) is 4.52. The highest BCUT2D eigenvalue weighted by atomic mass is 16.5. The third-order valence-corrected chi connectivity index (χ3v) is 2.06. The summed E-state index contributed by atoms with van der Waals surface area (Å²) in [5, 5.41) is 9.51. The maximum absolute atomic E-state index is 10.9. The summed E-state index contributed by atoms with van der Waals surface area (Å²) >= 11 is 0. The third-order valence-electron chi connectivity index (χ3n) is 2.06. The molecule has 1 heterocycles. The molecule has 0 atom stereocenters. The van der Waals surface area contributed by atoms with Gasteiger partial charge in [0.05, 0.1) is 0 Å². The maximum Gasteiger partial charge on any atom is 0.267 e. The molecule has 3 N–H and O–H groups in total. The van der Waals surface area contributed by atoms with Crippen LogP contribution in [0.4, 0.5) is 0 Å². The van der Waals surface area contributed by atoms with Gasteiger partial charge in [-0.25, -0.2) is 4.98 Å². The number of amides is 1. The Morgan fingerprint density at radius 3 is 2.65 bits per heavy atom. The van der Waals surface area contributed by atoms with E-state index in [1.54, 1.807) is 30.3 Å². The van der Waals surface area contributed by atoms with Crippen LogP contribution < -0.4 is 10.5 Å². The first-order valence-electron chi connectivity index (χ1n) is 4.89. The van der Waals surface area contributed by atoms with Crippen molar-refractivity contribution in [2.24, 2.45) is 5.73 Å². The zero-order chi connectivity index (χ0) is 12.3. The molecular formula is C12H10N2O3. The van der Waals surface area contributed by atoms with Gasteiger partial charge >= 0.3 is 0 Å². The Morgan fingerprint density at radius 2 is 1.94 bits per heavy atom. The molecule has 2 rings (SSSR count). The van der Waals surface area contributed by atoms with Crippen LogP contribution in [-0.4, -0.2) is 16.0 Å². The monoisotopic (exact) mass is 230 g/mol. The molecule has 0 radical (unpaired) electrons. The first-order chi connectivity index (χ1) is 8.16. The average Bonchev–Trinajstić information content (AvgIpc) is 2.32. The lowest BCUT2D eigenvalue weighted by Crippen LogP contribution is -2.12. The van der Waals surface area contributed by atoms with Crippen molar-refractivity contribution in [1.82, 2.24) is 4.98 Å². The van der Waals surface area contributed by atoms with Gasteiger partial charge in [-0.05, 0) is 18.2 Å². The quantitative estimate of drug-likeness (QED) is 0.839. The van der Waals surface area contributed by atoms with Crippen LogP contribution in [0, 0.1) is 0 Å². The van der Waals surface area contributed by atoms with E-state index in [1.165, 1.54) is 12.1 Å². The molecule has 0 saturated heterocycles. The number of phenols is 1. The molecule has 0 unspecified atom stereocenters. The normalized spacial score (nSPS) is 9.88. The van der Waals surface area contributed by atoms with Crippen LogP contribution in [0.15, 0.2) is 42.5 Å². The first-order valence-corrected chi connectivity index (χ1v) is 4.89. The van der Waals surface area contributed by atoms with Crippen molar-refractivity contribution < 1.29 is 14.6 Å². The average molecular weight is 230 g/mol. The fourth-order valence-corrected chi connectivity index (χ4v) is 1.27. The van der Waals surface area contributed by atoms with Gasteiger partial charge in [0, 0.05) is 6.07 Å². The molecule has 0 spiro atoms. The van der Waals surface area contributed by atoms with E-state index in [2.05, 4.69) is 4.98 Å². The smallest absolute Gasteiger partial charge is 0.267 e. The summed E-state index contributed by atoms with van der Waals surface area (Å²) in [6, 6.07) is 11.1. The third kappa shape index (κ3) is 2.52. The van der Waals surface area contributed by atoms with Gasteiger partial charge in [-0.3, -0.25) is 4.79 Å². The zero-order valence-corrected chi connectivity index (χ0v) is 8.83. The maximum atomic E-state index is 10.9. The molecule has 1 aromatic heterocycles. The molecule has 1 aromatic carbocycles. The number of carbonyl (C=O) groups is 1. The van der Waals surface area contributed by atoms with Gasteiger partial charge in [0.25, 0.3) is 5.91 Å². The Kier molecular flexibility index (Phi) is 2.91. The summed E-state index contributed by atoms with van der Waals surface area (Å²) in [5.41, 5.74) is 5.21. The minimum atomic E-state index is -0.632. The van der Waals surface area contributed by atoms with Crippen molar-refractivity contribution in [3.05, 3.63) is 48.2 Å². The van der Waals surface area contributed by atoms with E-state index < -0.39 is 5.91 Å². The molecular weight excluding hydrogens is 220 g/mol. The van der Waals surface area contributed by atoms with Gasteiger partial charge in [-0.1, -0.05) is 18.2 Å². The molecule has 0 saturated carbocycles. The fraction of sp³-hybridized carbons (Fsp3) is 0. The van der Waals surface area contributed by atoms with Gasteiger partial charge in [-0.2, -0.15) is 0 Å². The molecule has 0 bridgehead atoms. The Balaban J connectivity index is 2.28. The second-order valence-corrected chi connectivity index (χ2v) is 3.30. The predicted molar refractivity (Wildman–Crippen MR) is 60.9 cm³/mol. The summed E-state index contributed by atoms with van der Waals surface area (Å²) in [6.45, 7) is 0. The van der Waals surface area contributed by atoms with Crippen LogP contribution in [0.3, 0.4) is 0 Å². The van der Waals surface area contributed by atoms with Crippen molar-refractivity contribution in [3.63, 3.8) is 0 Å². The number of phenolic OH excluding ortho intramolecular Hbond substituents is 1. The summed E-state index contributed by atoms with van der Waals surface area (Å²) in [5.74, 6) is -0.170. The number of hydrogen-bond donors (Lipinski definition) is 2. The molecule has 0 fully saturated rings. The molecule has 0 aliphatic rings. The van der Waals surface area contributed by atoms with Crippen molar-refractivity contribution in [2.45, 2.75) is 0 Å². The highest BCUT2D eigenvalue weighted by molar-refractivity contribution is 5.90. The van der Waals surface area contributed by atoms with Gasteiger partial charge in [0.15, 0.2) is 11.5 Å². The number of carbonyl (C=O) groups excluding carboxylic acids is 1. The standard InChI is InChI=1S/C12H10N2O3/c13-12(16)8-4-3-7-11(14-8)17-10-6-2-1-5-9(10)15/h1-7,15H,(H2,13,16). The summed E-state index contributed by atoms with van der Waals surface area (Å²) in [7, 11) is 0. The number of benzene rings is 1. The lowest BCUT2D eigenvalue weighted by atomic mass is 10.3. The van der Waals surface area contributed by atoms with Gasteiger partial charge in [0.2, 0.25) is 5.88 Å². The van der Waals surface area contributed by atoms with Crippen molar-refractivity contribution in [3.8, 4) is 17.4 Å². The number of aromatic hydroxyl groups is 1. The number of nitrogens with two attached hydrogens (primary N) is 1. The van der Waals surface area contributed by atoms with Crippen LogP contribution in [0.5, 0.6) is 17.4 Å². The Hall–Kier alpha value is -2.56.